The number of H-pyrrole nitrogens is 1. The van der Waals surface area contributed by atoms with Gasteiger partial charge in [0, 0.05) is 22.8 Å². The van der Waals surface area contributed by atoms with Crippen molar-refractivity contribution in [2.24, 2.45) is 5.92 Å². The number of fused-ring (bicyclic) bond motifs is 3. The van der Waals surface area contributed by atoms with Gasteiger partial charge in [-0.05, 0) is 68.6 Å². The monoisotopic (exact) mass is 343 g/mol. The molecule has 0 saturated carbocycles. The number of benzene rings is 1. The van der Waals surface area contributed by atoms with Crippen LogP contribution >= 0.6 is 11.6 Å². The van der Waals surface area contributed by atoms with E-state index in [1.807, 2.05) is 36.4 Å². The number of aromatic amines is 1. The molecule has 0 unspecified atom stereocenters. The van der Waals surface area contributed by atoms with Gasteiger partial charge in [0.25, 0.3) is 5.91 Å². The summed E-state index contributed by atoms with van der Waals surface area (Å²) in [7, 11) is 0. The van der Waals surface area contributed by atoms with Gasteiger partial charge in [0.15, 0.2) is 0 Å². The molecule has 1 aromatic heterocycles. The van der Waals surface area contributed by atoms with E-state index >= 15 is 0 Å². The zero-order chi connectivity index (χ0) is 16.7. The fraction of sp³-hybridized carbons (Fsp3) is 0.421. The molecule has 5 heteroatoms. The van der Waals surface area contributed by atoms with Crippen molar-refractivity contribution in [1.82, 2.24) is 15.2 Å². The van der Waals surface area contributed by atoms with E-state index in [9.17, 15) is 4.79 Å². The Balaban J connectivity index is 1.48. The molecule has 2 bridgehead atoms. The third-order valence-corrected chi connectivity index (χ3v) is 5.81. The average Bonchev–Trinajstić information content (AvgIpc) is 3.09. The van der Waals surface area contributed by atoms with Crippen LogP contribution < -0.4 is 5.32 Å². The van der Waals surface area contributed by atoms with Gasteiger partial charge in [0.1, 0.15) is 5.69 Å². The van der Waals surface area contributed by atoms with E-state index in [0.717, 1.165) is 11.3 Å². The van der Waals surface area contributed by atoms with E-state index in [2.05, 4.69) is 22.1 Å². The Bertz CT molecular complexity index is 729. The maximum atomic E-state index is 12.7. The van der Waals surface area contributed by atoms with Crippen molar-refractivity contribution in [3.8, 4) is 11.3 Å². The van der Waals surface area contributed by atoms with Crippen LogP contribution in [0.25, 0.3) is 11.3 Å². The minimum atomic E-state index is -0.0131. The number of carbonyl (C=O) groups is 1. The van der Waals surface area contributed by atoms with Crippen LogP contribution in [0.4, 0.5) is 0 Å². The van der Waals surface area contributed by atoms with Gasteiger partial charge in [0.2, 0.25) is 0 Å². The minimum absolute atomic E-state index is 0.0131. The second-order valence-electron chi connectivity index (χ2n) is 6.91. The first-order chi connectivity index (χ1) is 11.6. The molecule has 3 aliphatic heterocycles. The van der Waals surface area contributed by atoms with Crippen LogP contribution in [0, 0.1) is 5.92 Å². The zero-order valence-corrected chi connectivity index (χ0v) is 14.5. The highest BCUT2D eigenvalue weighted by atomic mass is 35.5. The summed E-state index contributed by atoms with van der Waals surface area (Å²) in [6.45, 7) is 4.56. The Morgan fingerprint density at radius 2 is 1.88 bits per heavy atom. The van der Waals surface area contributed by atoms with Crippen molar-refractivity contribution in [2.45, 2.75) is 31.8 Å². The molecule has 4 nitrogen and oxygen atoms in total. The van der Waals surface area contributed by atoms with Gasteiger partial charge in [-0.2, -0.15) is 0 Å². The number of nitrogens with one attached hydrogen (secondary N) is 2. The molecule has 2 atom stereocenters. The molecule has 3 fully saturated rings. The molecule has 1 aromatic carbocycles. The van der Waals surface area contributed by atoms with Crippen molar-refractivity contribution >= 4 is 17.5 Å². The lowest BCUT2D eigenvalue weighted by Crippen LogP contribution is -2.62. The summed E-state index contributed by atoms with van der Waals surface area (Å²) in [5.74, 6) is 0.598. The molecule has 0 radical (unpaired) electrons. The SMILES string of the molecule is C[C@@H]1[C@H](NC(=O)c2ccc(-c3ccc(Cl)cc3)[nH]2)C2CCN1CC2. The van der Waals surface area contributed by atoms with Crippen molar-refractivity contribution in [3.63, 3.8) is 0 Å². The smallest absolute Gasteiger partial charge is 0.267 e. The van der Waals surface area contributed by atoms with Gasteiger partial charge in [0.05, 0.1) is 0 Å². The van der Waals surface area contributed by atoms with Crippen LogP contribution in [0.2, 0.25) is 5.02 Å². The Morgan fingerprint density at radius 1 is 1.17 bits per heavy atom. The standard InChI is InChI=1S/C19H22ClN3O/c1-12-18(14-8-10-23(12)11-9-14)22-19(24)17-7-6-16(21-17)13-2-4-15(20)5-3-13/h2-7,12,14,18,21H,8-11H2,1H3,(H,22,24)/t12-,18+/m1/s1. The molecule has 5 rings (SSSR count). The highest BCUT2D eigenvalue weighted by Crippen LogP contribution is 2.32. The molecule has 3 saturated heterocycles. The number of hydrogen-bond donors (Lipinski definition) is 2. The normalized spacial score (nSPS) is 28.8. The van der Waals surface area contributed by atoms with Crippen molar-refractivity contribution in [1.29, 1.82) is 0 Å². The van der Waals surface area contributed by atoms with Gasteiger partial charge < -0.3 is 10.3 Å². The third-order valence-electron chi connectivity index (χ3n) is 5.56. The number of piperidine rings is 3. The maximum absolute atomic E-state index is 12.7. The van der Waals surface area contributed by atoms with Gasteiger partial charge in [-0.15, -0.1) is 0 Å². The van der Waals surface area contributed by atoms with E-state index in [0.29, 0.717) is 22.7 Å². The average molecular weight is 344 g/mol. The van der Waals surface area contributed by atoms with Gasteiger partial charge in [-0.3, -0.25) is 9.69 Å². The number of amides is 1. The molecule has 3 aliphatic rings. The summed E-state index contributed by atoms with van der Waals surface area (Å²) >= 11 is 5.93. The number of rotatable bonds is 3. The Hall–Kier alpha value is -1.78. The van der Waals surface area contributed by atoms with E-state index in [-0.39, 0.29) is 11.9 Å². The maximum Gasteiger partial charge on any atom is 0.267 e. The van der Waals surface area contributed by atoms with E-state index in [4.69, 9.17) is 11.6 Å². The van der Waals surface area contributed by atoms with Crippen LogP contribution in [0.15, 0.2) is 36.4 Å². The van der Waals surface area contributed by atoms with E-state index in [1.165, 1.54) is 25.9 Å². The first-order valence-electron chi connectivity index (χ1n) is 8.62. The Labute approximate surface area is 147 Å². The van der Waals surface area contributed by atoms with Crippen LogP contribution in [0.5, 0.6) is 0 Å². The summed E-state index contributed by atoms with van der Waals surface area (Å²) < 4.78 is 0. The fourth-order valence-corrected chi connectivity index (χ4v) is 4.23. The lowest BCUT2D eigenvalue weighted by Gasteiger charge is -2.49. The van der Waals surface area contributed by atoms with E-state index < -0.39 is 0 Å². The number of halogens is 1. The number of aromatic nitrogens is 1. The topological polar surface area (TPSA) is 48.1 Å². The molecule has 126 valence electrons. The number of hydrogen-bond acceptors (Lipinski definition) is 2. The molecular weight excluding hydrogens is 322 g/mol. The largest absolute Gasteiger partial charge is 0.351 e. The van der Waals surface area contributed by atoms with E-state index in [1.54, 1.807) is 0 Å². The lowest BCUT2D eigenvalue weighted by atomic mass is 9.79. The molecular formula is C19H22ClN3O. The summed E-state index contributed by atoms with van der Waals surface area (Å²) in [5.41, 5.74) is 2.57. The van der Waals surface area contributed by atoms with Gasteiger partial charge in [-0.25, -0.2) is 0 Å². The molecule has 4 heterocycles. The van der Waals surface area contributed by atoms with Crippen molar-refractivity contribution in [3.05, 3.63) is 47.1 Å². The highest BCUT2D eigenvalue weighted by Gasteiger charge is 2.40. The summed E-state index contributed by atoms with van der Waals surface area (Å²) in [5, 5.41) is 3.97. The zero-order valence-electron chi connectivity index (χ0n) is 13.8. The predicted octanol–water partition coefficient (Wildman–Crippen LogP) is 3.55. The molecule has 0 spiro atoms. The molecule has 2 N–H and O–H groups in total. The third kappa shape index (κ3) is 2.85. The number of carbonyl (C=O) groups excluding carboxylic acids is 1. The fourth-order valence-electron chi connectivity index (χ4n) is 4.10. The highest BCUT2D eigenvalue weighted by molar-refractivity contribution is 6.30. The molecule has 2 aromatic rings. The molecule has 1 amide bonds. The Morgan fingerprint density at radius 3 is 2.54 bits per heavy atom. The molecule has 24 heavy (non-hydrogen) atoms. The van der Waals surface area contributed by atoms with Crippen LogP contribution in [0.1, 0.15) is 30.3 Å². The first-order valence-corrected chi connectivity index (χ1v) is 8.99. The minimum Gasteiger partial charge on any atom is -0.351 e. The quantitative estimate of drug-likeness (QED) is 0.895. The van der Waals surface area contributed by atoms with Gasteiger partial charge >= 0.3 is 0 Å². The second kappa shape index (κ2) is 6.26. The lowest BCUT2D eigenvalue weighted by molar-refractivity contribution is 0.0216. The number of nitrogens with zero attached hydrogens (tertiary/aromatic N) is 1. The Kier molecular flexibility index (Phi) is 4.10. The predicted molar refractivity (Wildman–Crippen MR) is 96.3 cm³/mol. The summed E-state index contributed by atoms with van der Waals surface area (Å²) in [4.78, 5) is 18.4. The van der Waals surface area contributed by atoms with Crippen molar-refractivity contribution in [2.75, 3.05) is 13.1 Å². The summed E-state index contributed by atoms with van der Waals surface area (Å²) in [6, 6.07) is 12.1. The van der Waals surface area contributed by atoms with Crippen LogP contribution in [-0.2, 0) is 0 Å². The molecule has 0 aliphatic carbocycles. The van der Waals surface area contributed by atoms with Gasteiger partial charge in [-0.1, -0.05) is 23.7 Å². The van der Waals surface area contributed by atoms with Crippen LogP contribution in [-0.4, -0.2) is 41.0 Å². The second-order valence-corrected chi connectivity index (χ2v) is 7.34. The van der Waals surface area contributed by atoms with Crippen LogP contribution in [0.3, 0.4) is 0 Å². The van der Waals surface area contributed by atoms with Crippen molar-refractivity contribution < 1.29 is 4.79 Å². The summed E-state index contributed by atoms with van der Waals surface area (Å²) in [6.07, 6.45) is 2.38. The first kappa shape index (κ1) is 15.7.